The van der Waals surface area contributed by atoms with Gasteiger partial charge in [0.05, 0.1) is 24.5 Å². The van der Waals surface area contributed by atoms with Crippen LogP contribution in [-0.4, -0.2) is 11.7 Å². The molecule has 0 saturated heterocycles. The number of ether oxygens (including phenoxy) is 1. The minimum atomic E-state index is 0.154. The van der Waals surface area contributed by atoms with Crippen molar-refractivity contribution in [2.45, 2.75) is 6.04 Å². The molecule has 21 heavy (non-hydrogen) atoms. The van der Waals surface area contributed by atoms with Crippen LogP contribution in [0.25, 0.3) is 5.69 Å². The Morgan fingerprint density at radius 3 is 2.67 bits per heavy atom. The molecule has 1 atom stereocenters. The van der Waals surface area contributed by atoms with Gasteiger partial charge in [0, 0.05) is 18.0 Å². The normalized spacial score (nSPS) is 15.8. The zero-order chi connectivity index (χ0) is 14.2. The van der Waals surface area contributed by atoms with Gasteiger partial charge in [-0.15, -0.1) is 0 Å². The van der Waals surface area contributed by atoms with E-state index in [0.717, 1.165) is 17.1 Å². The van der Waals surface area contributed by atoms with Crippen LogP contribution >= 0.6 is 0 Å². The molecule has 3 heteroatoms. The van der Waals surface area contributed by atoms with Crippen molar-refractivity contribution >= 4 is 5.69 Å². The third-order valence-electron chi connectivity index (χ3n) is 3.97. The maximum absolute atomic E-state index is 5.34. The molecular weight excluding hydrogens is 260 g/mol. The van der Waals surface area contributed by atoms with Gasteiger partial charge in [0.2, 0.25) is 0 Å². The topological polar surface area (TPSA) is 26.2 Å². The Morgan fingerprint density at radius 1 is 1.00 bits per heavy atom. The molecule has 0 saturated carbocycles. The average Bonchev–Trinajstić information content (AvgIpc) is 3.04. The molecule has 0 radical (unpaired) electrons. The van der Waals surface area contributed by atoms with E-state index >= 15 is 0 Å². The fourth-order valence-electron chi connectivity index (χ4n) is 2.95. The zero-order valence-corrected chi connectivity index (χ0v) is 11.8. The highest BCUT2D eigenvalue weighted by atomic mass is 16.5. The van der Waals surface area contributed by atoms with E-state index in [4.69, 9.17) is 4.74 Å². The molecule has 0 amide bonds. The molecule has 0 bridgehead atoms. The first-order chi connectivity index (χ1) is 10.4. The van der Waals surface area contributed by atoms with Crippen molar-refractivity contribution < 1.29 is 4.74 Å². The number of hydrogen-bond acceptors (Lipinski definition) is 2. The summed E-state index contributed by atoms with van der Waals surface area (Å²) >= 11 is 0. The molecule has 4 rings (SSSR count). The minimum Gasteiger partial charge on any atom is -0.497 e. The monoisotopic (exact) mass is 276 g/mol. The molecule has 2 heterocycles. The summed E-state index contributed by atoms with van der Waals surface area (Å²) in [6.45, 7) is 0. The first kappa shape index (κ1) is 12.1. The van der Waals surface area contributed by atoms with E-state index < -0.39 is 0 Å². The van der Waals surface area contributed by atoms with Gasteiger partial charge >= 0.3 is 0 Å². The molecule has 1 aromatic heterocycles. The van der Waals surface area contributed by atoms with Gasteiger partial charge < -0.3 is 14.6 Å². The van der Waals surface area contributed by atoms with Crippen LogP contribution in [0.2, 0.25) is 0 Å². The lowest BCUT2D eigenvalue weighted by Gasteiger charge is -2.30. The fourth-order valence-corrected chi connectivity index (χ4v) is 2.95. The Balaban J connectivity index is 1.87. The lowest BCUT2D eigenvalue weighted by molar-refractivity contribution is 0.415. The first-order valence-electron chi connectivity index (χ1n) is 7.04. The Hall–Kier alpha value is -2.68. The molecule has 3 aromatic rings. The predicted octanol–water partition coefficient (Wildman–Crippen LogP) is 4.00. The van der Waals surface area contributed by atoms with Crippen LogP contribution in [0.15, 0.2) is 66.9 Å². The molecule has 0 fully saturated rings. The number of methoxy groups -OCH3 is 1. The Bertz CT molecular complexity index is 777. The van der Waals surface area contributed by atoms with E-state index in [0.29, 0.717) is 0 Å². The van der Waals surface area contributed by atoms with Gasteiger partial charge in [-0.2, -0.15) is 0 Å². The van der Waals surface area contributed by atoms with Gasteiger partial charge in [0.25, 0.3) is 0 Å². The summed E-state index contributed by atoms with van der Waals surface area (Å²) in [6, 6.07) is 21.0. The molecular formula is C18H16N2O. The van der Waals surface area contributed by atoms with E-state index in [1.165, 1.54) is 11.3 Å². The SMILES string of the molecule is COc1ccc2c(c1)N[C@@H](c1ccccc1)c1cccn1-2. The Labute approximate surface area is 123 Å². The number of aromatic nitrogens is 1. The minimum absolute atomic E-state index is 0.154. The third kappa shape index (κ3) is 1.89. The van der Waals surface area contributed by atoms with Crippen molar-refractivity contribution in [1.29, 1.82) is 0 Å². The van der Waals surface area contributed by atoms with Crippen LogP contribution in [-0.2, 0) is 0 Å². The average molecular weight is 276 g/mol. The number of nitrogens with one attached hydrogen (secondary N) is 1. The second-order valence-electron chi connectivity index (χ2n) is 5.17. The molecule has 1 aliphatic rings. The van der Waals surface area contributed by atoms with Gasteiger partial charge in [-0.1, -0.05) is 30.3 Å². The predicted molar refractivity (Wildman–Crippen MR) is 84.2 cm³/mol. The molecule has 1 aliphatic heterocycles. The molecule has 0 aliphatic carbocycles. The van der Waals surface area contributed by atoms with E-state index in [9.17, 15) is 0 Å². The van der Waals surface area contributed by atoms with Crippen LogP contribution in [0.4, 0.5) is 5.69 Å². The van der Waals surface area contributed by atoms with Crippen LogP contribution in [0, 0.1) is 0 Å². The molecule has 2 aromatic carbocycles. The standard InChI is InChI=1S/C18H16N2O/c1-21-14-9-10-16-15(12-14)19-18(13-6-3-2-4-7-13)17-8-5-11-20(16)17/h2-12,18-19H,1H3/t18-/m0/s1. The number of nitrogens with zero attached hydrogens (tertiary/aromatic N) is 1. The van der Waals surface area contributed by atoms with Gasteiger partial charge in [-0.3, -0.25) is 0 Å². The summed E-state index contributed by atoms with van der Waals surface area (Å²) in [5.41, 5.74) is 4.75. The Morgan fingerprint density at radius 2 is 1.86 bits per heavy atom. The molecule has 104 valence electrons. The third-order valence-corrected chi connectivity index (χ3v) is 3.97. The van der Waals surface area contributed by atoms with Crippen molar-refractivity contribution in [3.05, 3.63) is 78.1 Å². The van der Waals surface area contributed by atoms with Crippen molar-refractivity contribution in [2.24, 2.45) is 0 Å². The number of hydrogen-bond donors (Lipinski definition) is 1. The van der Waals surface area contributed by atoms with Crippen LogP contribution in [0.3, 0.4) is 0 Å². The summed E-state index contributed by atoms with van der Waals surface area (Å²) in [6.07, 6.45) is 2.11. The number of fused-ring (bicyclic) bond motifs is 3. The number of anilines is 1. The van der Waals surface area contributed by atoms with E-state index in [-0.39, 0.29) is 6.04 Å². The zero-order valence-electron chi connectivity index (χ0n) is 11.8. The smallest absolute Gasteiger partial charge is 0.121 e. The highest BCUT2D eigenvalue weighted by Gasteiger charge is 2.24. The van der Waals surface area contributed by atoms with Crippen molar-refractivity contribution in [1.82, 2.24) is 4.57 Å². The quantitative estimate of drug-likeness (QED) is 0.765. The maximum atomic E-state index is 5.34. The summed E-state index contributed by atoms with van der Waals surface area (Å²) in [5.74, 6) is 0.865. The van der Waals surface area contributed by atoms with E-state index in [1.54, 1.807) is 7.11 Å². The molecule has 1 N–H and O–H groups in total. The number of rotatable bonds is 2. The first-order valence-corrected chi connectivity index (χ1v) is 7.04. The van der Waals surface area contributed by atoms with Gasteiger partial charge in [-0.05, 0) is 29.8 Å². The number of benzene rings is 2. The molecule has 3 nitrogen and oxygen atoms in total. The largest absolute Gasteiger partial charge is 0.497 e. The van der Waals surface area contributed by atoms with Gasteiger partial charge in [-0.25, -0.2) is 0 Å². The second-order valence-corrected chi connectivity index (χ2v) is 5.17. The molecule has 0 unspecified atom stereocenters. The van der Waals surface area contributed by atoms with Crippen LogP contribution in [0.1, 0.15) is 17.3 Å². The summed E-state index contributed by atoms with van der Waals surface area (Å²) in [7, 11) is 1.69. The summed E-state index contributed by atoms with van der Waals surface area (Å²) < 4.78 is 7.58. The highest BCUT2D eigenvalue weighted by Crippen LogP contribution is 2.38. The lowest BCUT2D eigenvalue weighted by Crippen LogP contribution is -2.21. The van der Waals surface area contributed by atoms with Crippen LogP contribution < -0.4 is 10.1 Å². The van der Waals surface area contributed by atoms with Crippen molar-refractivity contribution in [2.75, 3.05) is 12.4 Å². The lowest BCUT2D eigenvalue weighted by atomic mass is 10.0. The Kier molecular flexibility index (Phi) is 2.71. The summed E-state index contributed by atoms with van der Waals surface area (Å²) in [5, 5.41) is 3.63. The summed E-state index contributed by atoms with van der Waals surface area (Å²) in [4.78, 5) is 0. The van der Waals surface area contributed by atoms with E-state index in [1.807, 2.05) is 18.2 Å². The van der Waals surface area contributed by atoms with Crippen molar-refractivity contribution in [3.63, 3.8) is 0 Å². The van der Waals surface area contributed by atoms with Crippen molar-refractivity contribution in [3.8, 4) is 11.4 Å². The second kappa shape index (κ2) is 4.70. The van der Waals surface area contributed by atoms with E-state index in [2.05, 4.69) is 58.5 Å². The van der Waals surface area contributed by atoms with Gasteiger partial charge in [0.1, 0.15) is 5.75 Å². The highest BCUT2D eigenvalue weighted by molar-refractivity contribution is 5.69. The van der Waals surface area contributed by atoms with Crippen LogP contribution in [0.5, 0.6) is 5.75 Å². The maximum Gasteiger partial charge on any atom is 0.121 e. The molecule has 0 spiro atoms. The fraction of sp³-hybridized carbons (Fsp3) is 0.111. The van der Waals surface area contributed by atoms with Gasteiger partial charge in [0.15, 0.2) is 0 Å².